The van der Waals surface area contributed by atoms with Crippen LogP contribution in [0.4, 0.5) is 5.69 Å². The maximum Gasteiger partial charge on any atom is 0.247 e. The van der Waals surface area contributed by atoms with Gasteiger partial charge in [0.2, 0.25) is 23.2 Å². The highest BCUT2D eigenvalue weighted by atomic mass is 32.2. The summed E-state index contributed by atoms with van der Waals surface area (Å²) in [6.45, 7) is 5.32. The number of thioether (sulfide) groups is 1. The minimum absolute atomic E-state index is 0.131. The Balaban J connectivity index is 1.85. The summed E-state index contributed by atoms with van der Waals surface area (Å²) in [4.78, 5) is 18.9. The summed E-state index contributed by atoms with van der Waals surface area (Å²) in [6, 6.07) is 15.7. The third kappa shape index (κ3) is 3.80. The third-order valence-electron chi connectivity index (χ3n) is 4.94. The van der Waals surface area contributed by atoms with Gasteiger partial charge in [-0.05, 0) is 30.7 Å². The average molecular weight is 419 g/mol. The number of nitrogens with zero attached hydrogens (tertiary/aromatic N) is 4. The predicted molar refractivity (Wildman–Crippen MR) is 119 cm³/mol. The zero-order chi connectivity index (χ0) is 21.1. The molecule has 1 atom stereocenters. The van der Waals surface area contributed by atoms with Crippen molar-refractivity contribution in [2.24, 2.45) is 0 Å². The smallest absolute Gasteiger partial charge is 0.247 e. The number of rotatable bonds is 5. The van der Waals surface area contributed by atoms with Gasteiger partial charge in [-0.25, -0.2) is 0 Å². The summed E-state index contributed by atoms with van der Waals surface area (Å²) in [6.07, 6.45) is 4.97. The number of anilines is 1. The molecule has 152 valence electrons. The second kappa shape index (κ2) is 8.67. The van der Waals surface area contributed by atoms with Crippen LogP contribution < -0.4 is 9.64 Å². The standard InChI is InChI=1S/C23H22N4O2S/c1-4-5-8-16-11-13-17(14-12-16)22-27(15(2)28)19-10-7-6-9-18(19)20-21(29-22)24-23(30-3)26-25-20/h4,6-7,9-14,22H,1,5,8H2,2-3H3. The molecule has 0 radical (unpaired) electrons. The molecule has 1 aliphatic rings. The van der Waals surface area contributed by atoms with E-state index in [2.05, 4.69) is 33.9 Å². The van der Waals surface area contributed by atoms with Crippen molar-refractivity contribution in [2.75, 3.05) is 11.2 Å². The number of carbonyl (C=O) groups is 1. The van der Waals surface area contributed by atoms with Gasteiger partial charge in [0.1, 0.15) is 0 Å². The Bertz CT molecular complexity index is 1080. The summed E-state index contributed by atoms with van der Waals surface area (Å²) >= 11 is 1.39. The fraction of sp³-hybridized carbons (Fsp3) is 0.217. The average Bonchev–Trinajstić information content (AvgIpc) is 2.92. The quantitative estimate of drug-likeness (QED) is 0.437. The van der Waals surface area contributed by atoms with Gasteiger partial charge >= 0.3 is 0 Å². The Morgan fingerprint density at radius 2 is 1.97 bits per heavy atom. The number of aryl methyl sites for hydroxylation is 1. The number of allylic oxidation sites excluding steroid dienone is 1. The van der Waals surface area contributed by atoms with Crippen LogP contribution in [-0.4, -0.2) is 27.3 Å². The van der Waals surface area contributed by atoms with Gasteiger partial charge in [0.25, 0.3) is 0 Å². The summed E-state index contributed by atoms with van der Waals surface area (Å²) in [5.41, 5.74) is 4.08. The van der Waals surface area contributed by atoms with E-state index in [4.69, 9.17) is 4.74 Å². The van der Waals surface area contributed by atoms with Crippen LogP contribution in [-0.2, 0) is 11.2 Å². The molecule has 0 N–H and O–H groups in total. The number of hydrogen-bond acceptors (Lipinski definition) is 6. The maximum absolute atomic E-state index is 12.8. The van der Waals surface area contributed by atoms with Crippen molar-refractivity contribution in [2.45, 2.75) is 31.1 Å². The number of para-hydroxylation sites is 1. The second-order valence-electron chi connectivity index (χ2n) is 6.90. The summed E-state index contributed by atoms with van der Waals surface area (Å²) in [5, 5.41) is 9.04. The number of amides is 1. The van der Waals surface area contributed by atoms with Gasteiger partial charge in [-0.15, -0.1) is 16.8 Å². The summed E-state index contributed by atoms with van der Waals surface area (Å²) in [5.74, 6) is 0.236. The molecule has 0 aliphatic carbocycles. The highest BCUT2D eigenvalue weighted by molar-refractivity contribution is 7.98. The Hall–Kier alpha value is -3.19. The molecule has 1 aromatic heterocycles. The fourth-order valence-electron chi connectivity index (χ4n) is 3.47. The van der Waals surface area contributed by atoms with Crippen molar-refractivity contribution in [1.82, 2.24) is 15.2 Å². The number of hydrogen-bond donors (Lipinski definition) is 0. The number of ether oxygens (including phenoxy) is 1. The Morgan fingerprint density at radius 3 is 2.67 bits per heavy atom. The molecule has 6 nitrogen and oxygen atoms in total. The monoisotopic (exact) mass is 418 g/mol. The largest absolute Gasteiger partial charge is 0.447 e. The first-order chi connectivity index (χ1) is 14.6. The van der Waals surface area contributed by atoms with E-state index in [1.54, 1.807) is 4.90 Å². The van der Waals surface area contributed by atoms with E-state index in [9.17, 15) is 4.79 Å². The topological polar surface area (TPSA) is 68.2 Å². The van der Waals surface area contributed by atoms with Crippen LogP contribution in [0.5, 0.6) is 5.88 Å². The highest BCUT2D eigenvalue weighted by Crippen LogP contribution is 2.43. The first-order valence-corrected chi connectivity index (χ1v) is 10.9. The molecular weight excluding hydrogens is 396 g/mol. The van der Waals surface area contributed by atoms with Crippen molar-refractivity contribution in [3.05, 3.63) is 72.3 Å². The van der Waals surface area contributed by atoms with Crippen molar-refractivity contribution < 1.29 is 9.53 Å². The molecular formula is C23H22N4O2S. The van der Waals surface area contributed by atoms with Crippen LogP contribution in [0.15, 0.2) is 66.3 Å². The number of aromatic nitrogens is 3. The van der Waals surface area contributed by atoms with Crippen LogP contribution in [0.1, 0.15) is 30.7 Å². The van der Waals surface area contributed by atoms with Gasteiger partial charge in [-0.1, -0.05) is 60.3 Å². The lowest BCUT2D eigenvalue weighted by Crippen LogP contribution is -2.36. The van der Waals surface area contributed by atoms with Gasteiger partial charge in [-0.3, -0.25) is 9.69 Å². The van der Waals surface area contributed by atoms with E-state index in [-0.39, 0.29) is 5.91 Å². The first-order valence-electron chi connectivity index (χ1n) is 9.66. The van der Waals surface area contributed by atoms with Crippen molar-refractivity contribution in [3.63, 3.8) is 0 Å². The van der Waals surface area contributed by atoms with Crippen molar-refractivity contribution in [3.8, 4) is 17.1 Å². The van der Waals surface area contributed by atoms with Crippen LogP contribution in [0.2, 0.25) is 0 Å². The molecule has 4 rings (SSSR count). The van der Waals surface area contributed by atoms with Crippen LogP contribution in [0.3, 0.4) is 0 Å². The molecule has 7 heteroatoms. The van der Waals surface area contributed by atoms with Gasteiger partial charge in [0.15, 0.2) is 5.69 Å². The van der Waals surface area contributed by atoms with E-state index < -0.39 is 6.23 Å². The summed E-state index contributed by atoms with van der Waals surface area (Å²) < 4.78 is 6.32. The van der Waals surface area contributed by atoms with Crippen LogP contribution >= 0.6 is 11.8 Å². The predicted octanol–water partition coefficient (Wildman–Crippen LogP) is 4.82. The highest BCUT2D eigenvalue weighted by Gasteiger charge is 2.34. The first kappa shape index (κ1) is 20.1. The SMILES string of the molecule is C=CCCc1ccc(C2Oc3nc(SC)nnc3-c3ccccc3N2C(C)=O)cc1. The molecule has 2 heterocycles. The van der Waals surface area contributed by atoms with E-state index in [0.717, 1.165) is 29.7 Å². The van der Waals surface area contributed by atoms with Gasteiger partial charge in [0.05, 0.1) is 5.69 Å². The number of benzene rings is 2. The van der Waals surface area contributed by atoms with E-state index >= 15 is 0 Å². The fourth-order valence-corrected chi connectivity index (χ4v) is 3.77. The molecule has 0 spiro atoms. The van der Waals surface area contributed by atoms with Crippen molar-refractivity contribution in [1.29, 1.82) is 0 Å². The molecule has 0 saturated carbocycles. The zero-order valence-corrected chi connectivity index (χ0v) is 17.7. The lowest BCUT2D eigenvalue weighted by Gasteiger charge is -2.30. The van der Waals surface area contributed by atoms with Gasteiger partial charge < -0.3 is 4.74 Å². The Morgan fingerprint density at radius 1 is 1.20 bits per heavy atom. The van der Waals surface area contributed by atoms with Crippen LogP contribution in [0, 0.1) is 0 Å². The third-order valence-corrected chi connectivity index (χ3v) is 5.47. The maximum atomic E-state index is 12.8. The number of carbonyl (C=O) groups excluding carboxylic acids is 1. The minimum Gasteiger partial charge on any atom is -0.447 e. The molecule has 0 saturated heterocycles. The molecule has 0 bridgehead atoms. The molecule has 3 aromatic rings. The molecule has 2 aromatic carbocycles. The summed E-state index contributed by atoms with van der Waals surface area (Å²) in [7, 11) is 0. The Kier molecular flexibility index (Phi) is 5.81. The molecule has 1 aliphatic heterocycles. The molecule has 30 heavy (non-hydrogen) atoms. The molecule has 0 fully saturated rings. The van der Waals surface area contributed by atoms with Gasteiger partial charge in [-0.2, -0.15) is 4.98 Å². The lowest BCUT2D eigenvalue weighted by molar-refractivity contribution is -0.118. The Labute approximate surface area is 180 Å². The van der Waals surface area contributed by atoms with Crippen LogP contribution in [0.25, 0.3) is 11.3 Å². The van der Waals surface area contributed by atoms with E-state index in [1.165, 1.54) is 24.2 Å². The lowest BCUT2D eigenvalue weighted by atomic mass is 10.0. The normalized spacial score (nSPS) is 14.9. The van der Waals surface area contributed by atoms with E-state index in [1.807, 2.05) is 48.7 Å². The minimum atomic E-state index is -0.662. The zero-order valence-electron chi connectivity index (χ0n) is 16.9. The van der Waals surface area contributed by atoms with Crippen molar-refractivity contribution >= 4 is 23.4 Å². The van der Waals surface area contributed by atoms with Gasteiger partial charge in [0, 0.05) is 18.1 Å². The van der Waals surface area contributed by atoms with E-state index in [0.29, 0.717) is 16.7 Å². The second-order valence-corrected chi connectivity index (χ2v) is 7.67. The number of fused-ring (bicyclic) bond motifs is 3. The molecule has 1 amide bonds. The molecule has 1 unspecified atom stereocenters.